The fourth-order valence-corrected chi connectivity index (χ4v) is 7.54. The van der Waals surface area contributed by atoms with Crippen molar-refractivity contribution in [1.82, 2.24) is 0 Å². The molecule has 0 saturated carbocycles. The summed E-state index contributed by atoms with van der Waals surface area (Å²) in [6, 6.07) is 57.5. The van der Waals surface area contributed by atoms with Crippen LogP contribution in [0.2, 0.25) is 0 Å². The summed E-state index contributed by atoms with van der Waals surface area (Å²) in [5.41, 5.74) is 7.22. The van der Waals surface area contributed by atoms with Gasteiger partial charge in [-0.25, -0.2) is 0 Å². The number of ether oxygens (including phenoxy) is 1. The smallest absolute Gasteiger partial charge is 0.135 e. The van der Waals surface area contributed by atoms with Crippen LogP contribution < -0.4 is 4.74 Å². The van der Waals surface area contributed by atoms with Gasteiger partial charge in [-0.1, -0.05) is 127 Å². The van der Waals surface area contributed by atoms with Crippen LogP contribution in [0.1, 0.15) is 0 Å². The Kier molecular flexibility index (Phi) is 5.06. The van der Waals surface area contributed by atoms with E-state index in [0.717, 1.165) is 17.1 Å². The van der Waals surface area contributed by atoms with E-state index in [2.05, 4.69) is 158 Å². The third kappa shape index (κ3) is 3.62. The molecule has 208 valence electrons. The van der Waals surface area contributed by atoms with E-state index in [1.54, 1.807) is 0 Å². The number of benzene rings is 9. The van der Waals surface area contributed by atoms with Crippen LogP contribution in [0.3, 0.4) is 0 Å². The first-order chi connectivity index (χ1) is 22.3. The molecule has 0 fully saturated rings. The molecule has 0 radical (unpaired) electrons. The molecule has 0 amide bonds. The minimum atomic E-state index is 0.902. The molecule has 0 unspecified atom stereocenters. The standard InChI is InChI=1S/C44H26O/c1-3-14-34-27(8-1)20-22-37-38(34)26-33-19-18-28-9-2-4-15-35(28)43(33)44(37)32-13-5-12-30(24-32)31-21-23-40-39(25-31)36-16-6-10-29-11-7-17-41(45-40)42(29)36/h1-26H. The molecule has 1 heterocycles. The van der Waals surface area contributed by atoms with E-state index in [0.29, 0.717) is 0 Å². The fraction of sp³-hybridized carbons (Fsp3) is 0. The molecule has 10 rings (SSSR count). The summed E-state index contributed by atoms with van der Waals surface area (Å²) in [5.74, 6) is 1.83. The van der Waals surface area contributed by atoms with Crippen LogP contribution in [0.4, 0.5) is 0 Å². The first-order valence-electron chi connectivity index (χ1n) is 15.5. The van der Waals surface area contributed by atoms with Gasteiger partial charge in [0.15, 0.2) is 0 Å². The predicted octanol–water partition coefficient (Wildman–Crippen LogP) is 12.6. The zero-order chi connectivity index (χ0) is 29.5. The lowest BCUT2D eigenvalue weighted by Gasteiger charge is -2.22. The second kappa shape index (κ2) is 9.29. The quantitative estimate of drug-likeness (QED) is 0.148. The van der Waals surface area contributed by atoms with Gasteiger partial charge in [-0.05, 0) is 107 Å². The summed E-state index contributed by atoms with van der Waals surface area (Å²) in [4.78, 5) is 0. The van der Waals surface area contributed by atoms with Crippen LogP contribution in [-0.4, -0.2) is 0 Å². The van der Waals surface area contributed by atoms with Gasteiger partial charge in [0.2, 0.25) is 0 Å². The monoisotopic (exact) mass is 570 g/mol. The van der Waals surface area contributed by atoms with Gasteiger partial charge in [-0.15, -0.1) is 0 Å². The normalized spacial score (nSPS) is 12.2. The maximum Gasteiger partial charge on any atom is 0.135 e. The van der Waals surface area contributed by atoms with Crippen LogP contribution in [0.25, 0.3) is 87.2 Å². The van der Waals surface area contributed by atoms with Crippen molar-refractivity contribution in [1.29, 1.82) is 0 Å². The predicted molar refractivity (Wildman–Crippen MR) is 190 cm³/mol. The van der Waals surface area contributed by atoms with E-state index < -0.39 is 0 Å². The highest BCUT2D eigenvalue weighted by atomic mass is 16.5. The molecule has 0 aliphatic carbocycles. The lowest BCUT2D eigenvalue weighted by Crippen LogP contribution is -1.97. The summed E-state index contributed by atoms with van der Waals surface area (Å²) in [7, 11) is 0. The largest absolute Gasteiger partial charge is 0.456 e. The van der Waals surface area contributed by atoms with E-state index in [-0.39, 0.29) is 0 Å². The van der Waals surface area contributed by atoms with E-state index >= 15 is 0 Å². The van der Waals surface area contributed by atoms with E-state index in [9.17, 15) is 0 Å². The highest BCUT2D eigenvalue weighted by molar-refractivity contribution is 6.25. The van der Waals surface area contributed by atoms with Gasteiger partial charge in [-0.3, -0.25) is 0 Å². The molecule has 1 aliphatic heterocycles. The lowest BCUT2D eigenvalue weighted by molar-refractivity contribution is 0.487. The molecule has 0 N–H and O–H groups in total. The molecular weight excluding hydrogens is 544 g/mol. The Morgan fingerprint density at radius 2 is 1.00 bits per heavy atom. The van der Waals surface area contributed by atoms with E-state index in [1.165, 1.54) is 81.7 Å². The molecule has 45 heavy (non-hydrogen) atoms. The van der Waals surface area contributed by atoms with Crippen LogP contribution >= 0.6 is 0 Å². The third-order valence-corrected chi connectivity index (χ3v) is 9.59. The SMILES string of the molecule is c1cc(-c2ccc3c(c2)-c2cccc4cccc(c24)O3)cc(-c2c3ccc4ccccc4c3cc3ccc4ccccc4c23)c1. The van der Waals surface area contributed by atoms with Gasteiger partial charge >= 0.3 is 0 Å². The van der Waals surface area contributed by atoms with E-state index in [4.69, 9.17) is 4.74 Å². The first-order valence-corrected chi connectivity index (χ1v) is 15.5. The number of hydrogen-bond donors (Lipinski definition) is 0. The maximum absolute atomic E-state index is 6.41. The Morgan fingerprint density at radius 3 is 1.91 bits per heavy atom. The summed E-state index contributed by atoms with van der Waals surface area (Å²) < 4.78 is 6.41. The van der Waals surface area contributed by atoms with Gasteiger partial charge < -0.3 is 4.74 Å². The highest BCUT2D eigenvalue weighted by Crippen LogP contribution is 2.48. The van der Waals surface area contributed by atoms with Crippen molar-refractivity contribution in [2.24, 2.45) is 0 Å². The van der Waals surface area contributed by atoms with Crippen LogP contribution in [0, 0.1) is 0 Å². The molecule has 1 aliphatic rings. The van der Waals surface area contributed by atoms with Crippen LogP contribution in [0.5, 0.6) is 11.5 Å². The first kappa shape index (κ1) is 24.5. The van der Waals surface area contributed by atoms with Gasteiger partial charge in [0, 0.05) is 10.9 Å². The molecule has 9 aromatic rings. The number of rotatable bonds is 2. The van der Waals surface area contributed by atoms with E-state index in [1.807, 2.05) is 0 Å². The summed E-state index contributed by atoms with van der Waals surface area (Å²) in [6.45, 7) is 0. The average Bonchev–Trinajstić information content (AvgIpc) is 3.10. The minimum Gasteiger partial charge on any atom is -0.456 e. The molecular formula is C44H26O. The van der Waals surface area contributed by atoms with Crippen molar-refractivity contribution in [3.8, 4) is 44.9 Å². The van der Waals surface area contributed by atoms with Crippen molar-refractivity contribution in [2.75, 3.05) is 0 Å². The molecule has 0 bridgehead atoms. The second-order valence-electron chi connectivity index (χ2n) is 12.1. The lowest BCUT2D eigenvalue weighted by atomic mass is 9.86. The van der Waals surface area contributed by atoms with Gasteiger partial charge in [-0.2, -0.15) is 0 Å². The van der Waals surface area contributed by atoms with Gasteiger partial charge in [0.05, 0.1) is 0 Å². The Balaban J connectivity index is 1.23. The molecule has 9 aromatic carbocycles. The van der Waals surface area contributed by atoms with Gasteiger partial charge in [0.1, 0.15) is 11.5 Å². The zero-order valence-corrected chi connectivity index (χ0v) is 24.4. The molecule has 0 saturated heterocycles. The highest BCUT2D eigenvalue weighted by Gasteiger charge is 2.21. The second-order valence-corrected chi connectivity index (χ2v) is 12.1. The summed E-state index contributed by atoms with van der Waals surface area (Å²) >= 11 is 0. The maximum atomic E-state index is 6.41. The Labute approximate surface area is 260 Å². The summed E-state index contributed by atoms with van der Waals surface area (Å²) in [5, 5.41) is 12.6. The van der Waals surface area contributed by atoms with Crippen molar-refractivity contribution in [2.45, 2.75) is 0 Å². The van der Waals surface area contributed by atoms with Crippen LogP contribution in [-0.2, 0) is 0 Å². The molecule has 1 nitrogen and oxygen atoms in total. The molecule has 0 atom stereocenters. The number of hydrogen-bond acceptors (Lipinski definition) is 1. The Bertz CT molecular complexity index is 2670. The van der Waals surface area contributed by atoms with Crippen molar-refractivity contribution < 1.29 is 4.74 Å². The molecule has 1 heteroatoms. The Morgan fingerprint density at radius 1 is 0.311 bits per heavy atom. The molecule has 0 spiro atoms. The zero-order valence-electron chi connectivity index (χ0n) is 24.4. The van der Waals surface area contributed by atoms with Crippen molar-refractivity contribution in [3.05, 3.63) is 158 Å². The molecule has 0 aromatic heterocycles. The van der Waals surface area contributed by atoms with Crippen molar-refractivity contribution >= 4 is 53.9 Å². The van der Waals surface area contributed by atoms with Crippen LogP contribution in [0.15, 0.2) is 158 Å². The summed E-state index contributed by atoms with van der Waals surface area (Å²) in [6.07, 6.45) is 0. The fourth-order valence-electron chi connectivity index (χ4n) is 7.54. The topological polar surface area (TPSA) is 9.23 Å². The Hall–Kier alpha value is -5.92. The minimum absolute atomic E-state index is 0.902. The van der Waals surface area contributed by atoms with Gasteiger partial charge in [0.25, 0.3) is 0 Å². The van der Waals surface area contributed by atoms with Crippen molar-refractivity contribution in [3.63, 3.8) is 0 Å². The number of fused-ring (bicyclic) bond motifs is 8. The third-order valence-electron chi connectivity index (χ3n) is 9.59. The average molecular weight is 571 g/mol.